The topological polar surface area (TPSA) is 93.4 Å². The first-order valence-corrected chi connectivity index (χ1v) is 9.60. The Kier molecular flexibility index (Phi) is 6.64. The summed E-state index contributed by atoms with van der Waals surface area (Å²) in [5.74, 6) is -1.02. The Balaban J connectivity index is 1.57. The Labute approximate surface area is 170 Å². The molecule has 1 fully saturated rings. The number of amides is 1. The number of rotatable bonds is 6. The van der Waals surface area contributed by atoms with E-state index < -0.39 is 11.9 Å². The van der Waals surface area contributed by atoms with Gasteiger partial charge in [-0.3, -0.25) is 4.79 Å². The highest BCUT2D eigenvalue weighted by Gasteiger charge is 2.19. The van der Waals surface area contributed by atoms with Crippen molar-refractivity contribution in [3.63, 3.8) is 0 Å². The number of nitriles is 1. The number of anilines is 1. The predicted octanol–water partition coefficient (Wildman–Crippen LogP) is 3.69. The second-order valence-corrected chi connectivity index (χ2v) is 7.16. The molecule has 1 saturated heterocycles. The summed E-state index contributed by atoms with van der Waals surface area (Å²) in [5.41, 5.74) is 1.76. The molecule has 0 radical (unpaired) electrons. The molecule has 0 spiro atoms. The molecule has 3 rings (SSSR count). The van der Waals surface area contributed by atoms with Crippen LogP contribution in [0.5, 0.6) is 0 Å². The van der Waals surface area contributed by atoms with E-state index in [4.69, 9.17) is 5.11 Å². The van der Waals surface area contributed by atoms with Crippen molar-refractivity contribution in [1.82, 2.24) is 4.90 Å². The smallest absolute Gasteiger partial charge is 0.335 e. The van der Waals surface area contributed by atoms with Crippen molar-refractivity contribution in [3.05, 3.63) is 77.5 Å². The van der Waals surface area contributed by atoms with Crippen molar-refractivity contribution in [1.29, 1.82) is 5.26 Å². The van der Waals surface area contributed by atoms with E-state index in [-0.39, 0.29) is 11.1 Å². The molecule has 0 aliphatic carbocycles. The summed E-state index contributed by atoms with van der Waals surface area (Å²) in [6, 6.07) is 18.3. The fourth-order valence-corrected chi connectivity index (χ4v) is 3.48. The highest BCUT2D eigenvalue weighted by Crippen LogP contribution is 2.22. The number of hydrogen-bond donors (Lipinski definition) is 2. The summed E-state index contributed by atoms with van der Waals surface area (Å²) in [6.45, 7) is 1.59. The van der Waals surface area contributed by atoms with Crippen molar-refractivity contribution < 1.29 is 14.7 Å². The molecule has 2 aromatic rings. The minimum Gasteiger partial charge on any atom is -0.478 e. The van der Waals surface area contributed by atoms with Crippen molar-refractivity contribution in [2.75, 3.05) is 18.4 Å². The van der Waals surface area contributed by atoms with E-state index in [1.54, 1.807) is 18.3 Å². The average Bonchev–Trinajstić information content (AvgIpc) is 2.74. The van der Waals surface area contributed by atoms with Crippen LogP contribution in [0.15, 0.2) is 66.4 Å². The molecule has 2 N–H and O–H groups in total. The third-order valence-electron chi connectivity index (χ3n) is 5.06. The maximum Gasteiger partial charge on any atom is 0.335 e. The van der Waals surface area contributed by atoms with Gasteiger partial charge in [0.1, 0.15) is 11.6 Å². The lowest BCUT2D eigenvalue weighted by atomic mass is 9.90. The van der Waals surface area contributed by atoms with Crippen molar-refractivity contribution in [3.8, 4) is 6.07 Å². The van der Waals surface area contributed by atoms with Gasteiger partial charge in [-0.2, -0.15) is 5.26 Å². The fraction of sp³-hybridized carbons (Fsp3) is 0.261. The Bertz CT molecular complexity index is 939. The molecule has 0 atom stereocenters. The Morgan fingerprint density at radius 2 is 1.86 bits per heavy atom. The Morgan fingerprint density at radius 3 is 2.52 bits per heavy atom. The average molecular weight is 389 g/mol. The molecule has 1 aliphatic heterocycles. The molecular formula is C23H23N3O3. The molecule has 148 valence electrons. The number of nitrogens with one attached hydrogen (secondary N) is 1. The van der Waals surface area contributed by atoms with Gasteiger partial charge in [0.25, 0.3) is 5.91 Å². The lowest BCUT2D eigenvalue weighted by Crippen LogP contribution is -2.31. The number of benzene rings is 2. The van der Waals surface area contributed by atoms with Crippen molar-refractivity contribution >= 4 is 17.6 Å². The molecule has 1 heterocycles. The summed E-state index contributed by atoms with van der Waals surface area (Å²) in [4.78, 5) is 25.5. The standard InChI is InChI=1S/C23H23N3O3/c24-15-20(22(27)25-21-8-4-7-19(14-21)23(28)29)16-26-11-9-18(10-12-26)13-17-5-2-1-3-6-17/h1-8,14,16,18H,9-13H2,(H,25,27)(H,28,29)/b20-16-. The summed E-state index contributed by atoms with van der Waals surface area (Å²) in [7, 11) is 0. The maximum absolute atomic E-state index is 12.4. The number of hydrogen-bond acceptors (Lipinski definition) is 4. The first-order valence-electron chi connectivity index (χ1n) is 9.60. The molecule has 2 aromatic carbocycles. The predicted molar refractivity (Wildman–Crippen MR) is 110 cm³/mol. The molecule has 6 heteroatoms. The van der Waals surface area contributed by atoms with Crippen molar-refractivity contribution in [2.45, 2.75) is 19.3 Å². The van der Waals surface area contributed by atoms with Gasteiger partial charge >= 0.3 is 5.97 Å². The number of carboxylic acids is 1. The minimum absolute atomic E-state index is 0.00670. The van der Waals surface area contributed by atoms with Gasteiger partial charge in [-0.05, 0) is 48.9 Å². The summed E-state index contributed by atoms with van der Waals surface area (Å²) in [6.07, 6.45) is 4.66. The van der Waals surface area contributed by atoms with Crippen LogP contribution >= 0.6 is 0 Å². The van der Waals surface area contributed by atoms with Crippen LogP contribution in [-0.2, 0) is 11.2 Å². The monoisotopic (exact) mass is 389 g/mol. The lowest BCUT2D eigenvalue weighted by molar-refractivity contribution is -0.112. The molecule has 0 saturated carbocycles. The van der Waals surface area contributed by atoms with E-state index in [0.717, 1.165) is 32.4 Å². The van der Waals surface area contributed by atoms with Gasteiger partial charge in [-0.25, -0.2) is 4.79 Å². The van der Waals surface area contributed by atoms with E-state index in [9.17, 15) is 14.9 Å². The second-order valence-electron chi connectivity index (χ2n) is 7.16. The van der Waals surface area contributed by atoms with Crippen LogP contribution in [0.25, 0.3) is 0 Å². The molecular weight excluding hydrogens is 366 g/mol. The normalized spacial score (nSPS) is 14.9. The quantitative estimate of drug-likeness (QED) is 0.581. The molecule has 1 amide bonds. The molecule has 6 nitrogen and oxygen atoms in total. The highest BCUT2D eigenvalue weighted by atomic mass is 16.4. The first kappa shape index (κ1) is 20.2. The van der Waals surface area contributed by atoms with Crippen LogP contribution in [0, 0.1) is 17.2 Å². The molecule has 1 aliphatic rings. The number of carbonyl (C=O) groups is 2. The second kappa shape index (κ2) is 9.56. The maximum atomic E-state index is 12.4. The van der Waals surface area contributed by atoms with Gasteiger partial charge in [0.05, 0.1) is 5.56 Å². The Morgan fingerprint density at radius 1 is 1.14 bits per heavy atom. The van der Waals surface area contributed by atoms with Crippen LogP contribution < -0.4 is 5.32 Å². The number of carboxylic acid groups (broad SMARTS) is 1. The third kappa shape index (κ3) is 5.69. The van der Waals surface area contributed by atoms with Crippen LogP contribution in [-0.4, -0.2) is 35.0 Å². The van der Waals surface area contributed by atoms with Crippen molar-refractivity contribution in [2.24, 2.45) is 5.92 Å². The van der Waals surface area contributed by atoms with Crippen LogP contribution in [0.3, 0.4) is 0 Å². The summed E-state index contributed by atoms with van der Waals surface area (Å²) < 4.78 is 0. The van der Waals surface area contributed by atoms with Crippen LogP contribution in [0.1, 0.15) is 28.8 Å². The van der Waals surface area contributed by atoms with Gasteiger partial charge in [0.15, 0.2) is 0 Å². The van der Waals surface area contributed by atoms with E-state index in [1.165, 1.54) is 17.7 Å². The van der Waals surface area contributed by atoms with Gasteiger partial charge in [0, 0.05) is 25.0 Å². The number of likely N-dealkylation sites (tertiary alicyclic amines) is 1. The van der Waals surface area contributed by atoms with Crippen LogP contribution in [0.2, 0.25) is 0 Å². The minimum atomic E-state index is -1.07. The lowest BCUT2D eigenvalue weighted by Gasteiger charge is -2.31. The number of carbonyl (C=O) groups excluding carboxylic acids is 1. The molecule has 29 heavy (non-hydrogen) atoms. The zero-order valence-electron chi connectivity index (χ0n) is 16.0. The molecule has 0 unspecified atom stereocenters. The largest absolute Gasteiger partial charge is 0.478 e. The van der Waals surface area contributed by atoms with Gasteiger partial charge < -0.3 is 15.3 Å². The fourth-order valence-electron chi connectivity index (χ4n) is 3.48. The molecule has 0 bridgehead atoms. The Hall–Kier alpha value is -3.59. The number of nitrogens with zero attached hydrogens (tertiary/aromatic N) is 2. The number of aromatic carboxylic acids is 1. The van der Waals surface area contributed by atoms with E-state index in [1.807, 2.05) is 17.0 Å². The van der Waals surface area contributed by atoms with E-state index in [2.05, 4.69) is 29.6 Å². The van der Waals surface area contributed by atoms with E-state index >= 15 is 0 Å². The van der Waals surface area contributed by atoms with Gasteiger partial charge in [-0.15, -0.1) is 0 Å². The summed E-state index contributed by atoms with van der Waals surface area (Å²) >= 11 is 0. The van der Waals surface area contributed by atoms with E-state index in [0.29, 0.717) is 11.6 Å². The third-order valence-corrected chi connectivity index (χ3v) is 5.06. The summed E-state index contributed by atoms with van der Waals surface area (Å²) in [5, 5.41) is 21.0. The SMILES string of the molecule is N#C/C(=C/N1CCC(Cc2ccccc2)CC1)C(=O)Nc1cccc(C(=O)O)c1. The number of piperidine rings is 1. The zero-order valence-corrected chi connectivity index (χ0v) is 16.0. The molecule has 0 aromatic heterocycles. The van der Waals surface area contributed by atoms with Gasteiger partial charge in [-0.1, -0.05) is 36.4 Å². The van der Waals surface area contributed by atoms with Gasteiger partial charge in [0.2, 0.25) is 0 Å². The highest BCUT2D eigenvalue weighted by molar-refractivity contribution is 6.06. The first-order chi connectivity index (χ1) is 14.0. The zero-order chi connectivity index (χ0) is 20.6. The van der Waals surface area contributed by atoms with Crippen LogP contribution in [0.4, 0.5) is 5.69 Å².